The van der Waals surface area contributed by atoms with Crippen molar-refractivity contribution < 1.29 is 0 Å². The van der Waals surface area contributed by atoms with Crippen LogP contribution < -0.4 is 4.90 Å². The van der Waals surface area contributed by atoms with E-state index in [0.717, 1.165) is 12.1 Å². The normalized spacial score (nSPS) is 16.3. The first-order chi connectivity index (χ1) is 28.0. The molecule has 1 spiro atoms. The summed E-state index contributed by atoms with van der Waals surface area (Å²) in [7, 11) is 0. The predicted molar refractivity (Wildman–Crippen MR) is 239 cm³/mol. The third-order valence-corrected chi connectivity index (χ3v) is 13.6. The molecule has 1 unspecified atom stereocenters. The van der Waals surface area contributed by atoms with Crippen molar-refractivity contribution in [3.63, 3.8) is 0 Å². The maximum absolute atomic E-state index is 2.55. The minimum Gasteiger partial charge on any atom is -0.310 e. The van der Waals surface area contributed by atoms with Crippen molar-refractivity contribution in [3.8, 4) is 33.4 Å². The number of hydrogen-bond donors (Lipinski definition) is 0. The van der Waals surface area contributed by atoms with Gasteiger partial charge >= 0.3 is 0 Å². The molecule has 0 amide bonds. The van der Waals surface area contributed by atoms with Gasteiger partial charge in [0.25, 0.3) is 0 Å². The molecule has 9 aromatic rings. The molecule has 1 nitrogen and oxygen atoms in total. The highest BCUT2D eigenvalue weighted by Crippen LogP contribution is 2.63. The Labute approximate surface area is 334 Å². The predicted octanol–water partition coefficient (Wildman–Crippen LogP) is 14.7. The third kappa shape index (κ3) is 4.19. The van der Waals surface area contributed by atoms with Crippen LogP contribution in [0.15, 0.2) is 182 Å². The zero-order chi connectivity index (χ0) is 38.0. The van der Waals surface area contributed by atoms with Crippen LogP contribution >= 0.6 is 0 Å². The topological polar surface area (TPSA) is 3.24 Å². The third-order valence-electron chi connectivity index (χ3n) is 13.6. The van der Waals surface area contributed by atoms with E-state index in [1.54, 1.807) is 0 Å². The highest BCUT2D eigenvalue weighted by atomic mass is 15.1. The smallest absolute Gasteiger partial charge is 0.0729 e. The number of fused-ring (bicyclic) bond motifs is 13. The Bertz CT molecular complexity index is 3160. The summed E-state index contributed by atoms with van der Waals surface area (Å²) in [5.41, 5.74) is 20.5. The molecule has 0 bridgehead atoms. The van der Waals surface area contributed by atoms with Gasteiger partial charge in [-0.25, -0.2) is 0 Å². The van der Waals surface area contributed by atoms with E-state index >= 15 is 0 Å². The van der Waals surface area contributed by atoms with E-state index in [1.165, 1.54) is 105 Å². The Hall–Kier alpha value is -6.70. The number of nitrogens with zero attached hydrogens (tertiary/aromatic N) is 1. The minimum absolute atomic E-state index is 0.121. The highest BCUT2D eigenvalue weighted by molar-refractivity contribution is 6.08. The summed E-state index contributed by atoms with van der Waals surface area (Å²) in [4.78, 5) is 2.53. The Balaban J connectivity index is 1.18. The zero-order valence-corrected chi connectivity index (χ0v) is 32.5. The first-order valence-corrected chi connectivity index (χ1v) is 20.4. The van der Waals surface area contributed by atoms with Gasteiger partial charge in [-0.05, 0) is 125 Å². The molecule has 9 aromatic carbocycles. The van der Waals surface area contributed by atoms with E-state index in [1.807, 2.05) is 0 Å². The summed E-state index contributed by atoms with van der Waals surface area (Å²) >= 11 is 0. The first kappa shape index (κ1) is 32.5. The summed E-state index contributed by atoms with van der Waals surface area (Å²) in [5, 5.41) is 5.15. The fraction of sp³-hybridized carbons (Fsp3) is 0.107. The van der Waals surface area contributed by atoms with E-state index in [-0.39, 0.29) is 5.41 Å². The molecule has 1 atom stereocenters. The lowest BCUT2D eigenvalue weighted by molar-refractivity contribution is 0.660. The molecule has 0 N–H and O–H groups in total. The van der Waals surface area contributed by atoms with Crippen LogP contribution in [0.1, 0.15) is 59.7 Å². The second kappa shape index (κ2) is 11.7. The lowest BCUT2D eigenvalue weighted by Crippen LogP contribution is -2.33. The van der Waals surface area contributed by atoms with Gasteiger partial charge < -0.3 is 4.90 Å². The van der Waals surface area contributed by atoms with Crippen LogP contribution in [0.25, 0.3) is 54.9 Å². The van der Waals surface area contributed by atoms with Gasteiger partial charge in [0, 0.05) is 22.2 Å². The highest BCUT2D eigenvalue weighted by Gasteiger charge is 2.51. The molecule has 0 saturated heterocycles. The van der Waals surface area contributed by atoms with Crippen LogP contribution in [-0.4, -0.2) is 0 Å². The molecule has 0 saturated carbocycles. The molecule has 3 aliphatic carbocycles. The van der Waals surface area contributed by atoms with Crippen LogP contribution in [0.5, 0.6) is 0 Å². The van der Waals surface area contributed by atoms with E-state index < -0.39 is 5.41 Å². The lowest BCUT2D eigenvalue weighted by Gasteiger charge is -2.41. The van der Waals surface area contributed by atoms with Crippen molar-refractivity contribution in [2.45, 2.75) is 38.0 Å². The molecule has 0 radical (unpaired) electrons. The molecule has 12 rings (SSSR count). The van der Waals surface area contributed by atoms with Crippen molar-refractivity contribution in [1.82, 2.24) is 0 Å². The monoisotopic (exact) mass is 727 g/mol. The Morgan fingerprint density at radius 2 is 0.947 bits per heavy atom. The van der Waals surface area contributed by atoms with Crippen LogP contribution in [0.3, 0.4) is 0 Å². The first-order valence-electron chi connectivity index (χ1n) is 20.4. The Morgan fingerprint density at radius 3 is 1.68 bits per heavy atom. The summed E-state index contributed by atoms with van der Waals surface area (Å²) in [6, 6.07) is 69.1. The van der Waals surface area contributed by atoms with Crippen molar-refractivity contribution in [2.24, 2.45) is 0 Å². The minimum atomic E-state index is -0.496. The van der Waals surface area contributed by atoms with Gasteiger partial charge in [0.1, 0.15) is 0 Å². The fourth-order valence-electron chi connectivity index (χ4n) is 11.2. The molecule has 270 valence electrons. The van der Waals surface area contributed by atoms with E-state index in [0.29, 0.717) is 0 Å². The van der Waals surface area contributed by atoms with E-state index in [2.05, 4.69) is 208 Å². The molecule has 0 fully saturated rings. The number of rotatable bonds is 4. The average Bonchev–Trinajstić information content (AvgIpc) is 3.67. The van der Waals surface area contributed by atoms with Gasteiger partial charge in [-0.2, -0.15) is 0 Å². The zero-order valence-electron chi connectivity index (χ0n) is 32.5. The lowest BCUT2D eigenvalue weighted by atomic mass is 9.60. The summed E-state index contributed by atoms with van der Waals surface area (Å²) < 4.78 is 0. The maximum atomic E-state index is 2.55. The Morgan fingerprint density at radius 1 is 0.421 bits per heavy atom. The van der Waals surface area contributed by atoms with Gasteiger partial charge in [-0.15, -0.1) is 0 Å². The maximum Gasteiger partial charge on any atom is 0.0729 e. The Kier molecular flexibility index (Phi) is 6.66. The van der Waals surface area contributed by atoms with Crippen LogP contribution in [0, 0.1) is 0 Å². The second-order valence-electron chi connectivity index (χ2n) is 16.7. The molecule has 57 heavy (non-hydrogen) atoms. The van der Waals surface area contributed by atoms with E-state index in [9.17, 15) is 0 Å². The number of anilines is 3. The molecule has 3 aliphatic rings. The van der Waals surface area contributed by atoms with Gasteiger partial charge in [-0.3, -0.25) is 0 Å². The number of hydrogen-bond acceptors (Lipinski definition) is 1. The van der Waals surface area contributed by atoms with Crippen molar-refractivity contribution >= 4 is 38.6 Å². The molecule has 0 aliphatic heterocycles. The van der Waals surface area contributed by atoms with Crippen LogP contribution in [0.2, 0.25) is 0 Å². The number of aryl methyl sites for hydroxylation is 1. The molecule has 1 heteroatoms. The molecule has 0 aromatic heterocycles. The molecule has 0 heterocycles. The number of benzene rings is 9. The van der Waals surface area contributed by atoms with Crippen molar-refractivity contribution in [3.05, 3.63) is 221 Å². The largest absolute Gasteiger partial charge is 0.310 e. The van der Waals surface area contributed by atoms with Crippen LogP contribution in [0.4, 0.5) is 17.1 Å². The summed E-state index contributed by atoms with van der Waals surface area (Å²) in [6.07, 6.45) is 0.955. The summed E-state index contributed by atoms with van der Waals surface area (Å²) in [6.45, 7) is 7.08. The molecular formula is C56H41N. The standard InChI is InChI=1S/C56H41N/c1-4-35-27-28-37-17-13-22-46-43-21-9-12-25-49(43)56(54(35)53(37)46)48-24-11-8-20-42(48)45-32-30-39(34-51(45)56)57(52-26-14-16-36-15-5-6-18-40(36)52)38-29-31-44-41-19-7-10-23-47(41)55(2,3)50(44)33-38/h5-34H,4H2,1-3H3. The van der Waals surface area contributed by atoms with E-state index in [4.69, 9.17) is 0 Å². The van der Waals surface area contributed by atoms with Crippen LogP contribution in [-0.2, 0) is 17.3 Å². The van der Waals surface area contributed by atoms with Gasteiger partial charge in [0.2, 0.25) is 0 Å². The quantitative estimate of drug-likeness (QED) is 0.174. The molecular weight excluding hydrogens is 687 g/mol. The SMILES string of the molecule is CCc1ccc2cccc3c2c1C1(c2ccccc2-c2ccc(N(c4ccc5c(c4)C(C)(C)c4ccccc4-5)c4cccc5ccccc45)cc21)c1ccccc1-3. The van der Waals surface area contributed by atoms with Gasteiger partial charge in [0.15, 0.2) is 0 Å². The fourth-order valence-corrected chi connectivity index (χ4v) is 11.2. The van der Waals surface area contributed by atoms with Gasteiger partial charge in [-0.1, -0.05) is 172 Å². The van der Waals surface area contributed by atoms with Gasteiger partial charge in [0.05, 0.1) is 11.1 Å². The summed E-state index contributed by atoms with van der Waals surface area (Å²) in [5.74, 6) is 0. The second-order valence-corrected chi connectivity index (χ2v) is 16.7. The van der Waals surface area contributed by atoms with Crippen molar-refractivity contribution in [1.29, 1.82) is 0 Å². The van der Waals surface area contributed by atoms with Crippen molar-refractivity contribution in [2.75, 3.05) is 4.90 Å². The average molecular weight is 728 g/mol.